The Bertz CT molecular complexity index is 927. The molecule has 0 saturated heterocycles. The molecular formula is C21H25N3O6. The van der Waals surface area contributed by atoms with E-state index in [9.17, 15) is 19.7 Å². The summed E-state index contributed by atoms with van der Waals surface area (Å²) in [6, 6.07) is 9.06. The van der Waals surface area contributed by atoms with Gasteiger partial charge in [0.25, 0.3) is 11.6 Å². The number of nitrogens with zero attached hydrogens (tertiary/aromatic N) is 1. The van der Waals surface area contributed by atoms with Gasteiger partial charge in [0.05, 0.1) is 30.7 Å². The van der Waals surface area contributed by atoms with Crippen LogP contribution < -0.4 is 20.1 Å². The van der Waals surface area contributed by atoms with Crippen LogP contribution in [0.5, 0.6) is 11.5 Å². The maximum Gasteiger partial charge on any atom is 0.286 e. The summed E-state index contributed by atoms with van der Waals surface area (Å²) in [6.07, 6.45) is 0.374. The summed E-state index contributed by atoms with van der Waals surface area (Å²) in [6.45, 7) is 5.59. The molecule has 0 radical (unpaired) electrons. The first-order valence-corrected chi connectivity index (χ1v) is 9.50. The van der Waals surface area contributed by atoms with E-state index in [1.54, 1.807) is 45.0 Å². The highest BCUT2D eigenvalue weighted by Crippen LogP contribution is 2.35. The molecule has 0 fully saturated rings. The lowest BCUT2D eigenvalue weighted by Crippen LogP contribution is -2.27. The number of anilines is 1. The van der Waals surface area contributed by atoms with E-state index in [1.807, 2.05) is 0 Å². The Hall–Kier alpha value is -3.62. The molecule has 9 nitrogen and oxygen atoms in total. The van der Waals surface area contributed by atoms with E-state index >= 15 is 0 Å². The van der Waals surface area contributed by atoms with Gasteiger partial charge in [0.2, 0.25) is 5.91 Å². The summed E-state index contributed by atoms with van der Waals surface area (Å²) in [5, 5.41) is 17.0. The standard InChI is InChI=1S/C21H25N3O6/c1-5-20(25)23-15-9-7-14(8-10-15)13(3)22-21(26)16-11-19(30-6-2)18(29-4)12-17(16)24(27)28/h7-13H,5-6H2,1-4H3,(H,22,26)(H,23,25). The van der Waals surface area contributed by atoms with Gasteiger partial charge in [-0.25, -0.2) is 0 Å². The Morgan fingerprint density at radius 3 is 2.33 bits per heavy atom. The Morgan fingerprint density at radius 1 is 1.13 bits per heavy atom. The van der Waals surface area contributed by atoms with Gasteiger partial charge in [-0.2, -0.15) is 0 Å². The normalized spacial score (nSPS) is 11.3. The molecule has 2 N–H and O–H groups in total. The Labute approximate surface area is 174 Å². The number of rotatable bonds is 9. The van der Waals surface area contributed by atoms with Crippen molar-refractivity contribution in [3.63, 3.8) is 0 Å². The lowest BCUT2D eigenvalue weighted by atomic mass is 10.1. The number of carbonyl (C=O) groups is 2. The number of hydrogen-bond acceptors (Lipinski definition) is 6. The van der Waals surface area contributed by atoms with Crippen molar-refractivity contribution in [3.05, 3.63) is 57.6 Å². The fourth-order valence-corrected chi connectivity index (χ4v) is 2.77. The van der Waals surface area contributed by atoms with E-state index in [0.29, 0.717) is 18.7 Å². The SMILES string of the molecule is CCOc1cc(C(=O)NC(C)c2ccc(NC(=O)CC)cc2)c([N+](=O)[O-])cc1OC. The summed E-state index contributed by atoms with van der Waals surface area (Å²) in [7, 11) is 1.37. The molecule has 9 heteroatoms. The summed E-state index contributed by atoms with van der Waals surface area (Å²) in [5.41, 5.74) is 0.927. The first kappa shape index (κ1) is 22.7. The molecule has 0 heterocycles. The minimum atomic E-state index is -0.636. The quantitative estimate of drug-likeness (QED) is 0.474. The maximum absolute atomic E-state index is 12.8. The second-order valence-electron chi connectivity index (χ2n) is 6.43. The number of benzene rings is 2. The molecule has 0 aliphatic rings. The molecule has 2 rings (SSSR count). The Kier molecular flexibility index (Phi) is 7.74. The van der Waals surface area contributed by atoms with E-state index in [1.165, 1.54) is 19.2 Å². The van der Waals surface area contributed by atoms with Crippen LogP contribution in [0.2, 0.25) is 0 Å². The Balaban J connectivity index is 2.24. The van der Waals surface area contributed by atoms with Crippen molar-refractivity contribution in [2.24, 2.45) is 0 Å². The van der Waals surface area contributed by atoms with Crippen LogP contribution in [0.3, 0.4) is 0 Å². The van der Waals surface area contributed by atoms with Gasteiger partial charge < -0.3 is 20.1 Å². The average Bonchev–Trinajstić information content (AvgIpc) is 2.73. The second kappa shape index (κ2) is 10.2. The molecule has 1 unspecified atom stereocenters. The van der Waals surface area contributed by atoms with Crippen molar-refractivity contribution in [1.29, 1.82) is 0 Å². The predicted octanol–water partition coefficient (Wildman–Crippen LogP) is 3.84. The number of amides is 2. The molecule has 0 aliphatic carbocycles. The van der Waals surface area contributed by atoms with Crippen LogP contribution in [0.1, 0.15) is 49.2 Å². The lowest BCUT2D eigenvalue weighted by Gasteiger charge is -2.16. The van der Waals surface area contributed by atoms with Crippen LogP contribution >= 0.6 is 0 Å². The molecule has 0 bridgehead atoms. The molecular weight excluding hydrogens is 390 g/mol. The first-order chi connectivity index (χ1) is 14.3. The predicted molar refractivity (Wildman–Crippen MR) is 112 cm³/mol. The fraction of sp³-hybridized carbons (Fsp3) is 0.333. The largest absolute Gasteiger partial charge is 0.493 e. The summed E-state index contributed by atoms with van der Waals surface area (Å²) in [4.78, 5) is 35.1. The van der Waals surface area contributed by atoms with E-state index in [0.717, 1.165) is 5.56 Å². The van der Waals surface area contributed by atoms with Gasteiger partial charge in [0.1, 0.15) is 5.56 Å². The molecule has 30 heavy (non-hydrogen) atoms. The third-order valence-electron chi connectivity index (χ3n) is 4.39. The monoisotopic (exact) mass is 415 g/mol. The van der Waals surface area contributed by atoms with Crippen molar-refractivity contribution >= 4 is 23.2 Å². The smallest absolute Gasteiger partial charge is 0.286 e. The number of ether oxygens (including phenoxy) is 2. The third-order valence-corrected chi connectivity index (χ3v) is 4.39. The molecule has 1 atom stereocenters. The lowest BCUT2D eigenvalue weighted by molar-refractivity contribution is -0.385. The minimum absolute atomic E-state index is 0.0963. The van der Waals surface area contributed by atoms with Crippen LogP contribution in [0.25, 0.3) is 0 Å². The molecule has 2 aromatic carbocycles. The summed E-state index contributed by atoms with van der Waals surface area (Å²) in [5.74, 6) is -0.278. The zero-order chi connectivity index (χ0) is 22.3. The number of nitro groups is 1. The van der Waals surface area contributed by atoms with Gasteiger partial charge in [-0.3, -0.25) is 19.7 Å². The van der Waals surface area contributed by atoms with Gasteiger partial charge in [0.15, 0.2) is 11.5 Å². The molecule has 0 aliphatic heterocycles. The highest BCUT2D eigenvalue weighted by Gasteiger charge is 2.25. The fourth-order valence-electron chi connectivity index (χ4n) is 2.77. The second-order valence-corrected chi connectivity index (χ2v) is 6.43. The number of nitro benzene ring substituents is 1. The van der Waals surface area contributed by atoms with Gasteiger partial charge in [-0.15, -0.1) is 0 Å². The highest BCUT2D eigenvalue weighted by molar-refractivity contribution is 5.99. The molecule has 2 amide bonds. The highest BCUT2D eigenvalue weighted by atomic mass is 16.6. The van der Waals surface area contributed by atoms with E-state index in [-0.39, 0.29) is 28.7 Å². The van der Waals surface area contributed by atoms with Crippen LogP contribution in [0.15, 0.2) is 36.4 Å². The van der Waals surface area contributed by atoms with E-state index in [4.69, 9.17) is 9.47 Å². The van der Waals surface area contributed by atoms with Crippen molar-refractivity contribution in [3.8, 4) is 11.5 Å². The van der Waals surface area contributed by atoms with Crippen LogP contribution in [-0.2, 0) is 4.79 Å². The first-order valence-electron chi connectivity index (χ1n) is 9.50. The number of hydrogen-bond donors (Lipinski definition) is 2. The van der Waals surface area contributed by atoms with Crippen molar-refractivity contribution < 1.29 is 24.0 Å². The molecule has 0 spiro atoms. The zero-order valence-corrected chi connectivity index (χ0v) is 17.4. The molecule has 0 saturated carbocycles. The van der Waals surface area contributed by atoms with Gasteiger partial charge in [-0.1, -0.05) is 19.1 Å². The number of methoxy groups -OCH3 is 1. The van der Waals surface area contributed by atoms with E-state index < -0.39 is 16.9 Å². The minimum Gasteiger partial charge on any atom is -0.493 e. The number of carbonyl (C=O) groups excluding carboxylic acids is 2. The molecule has 0 aromatic heterocycles. The van der Waals surface area contributed by atoms with Crippen molar-refractivity contribution in [1.82, 2.24) is 5.32 Å². The van der Waals surface area contributed by atoms with Gasteiger partial charge in [-0.05, 0) is 31.5 Å². The molecule has 160 valence electrons. The molecule has 2 aromatic rings. The third kappa shape index (κ3) is 5.47. The summed E-state index contributed by atoms with van der Waals surface area (Å²) >= 11 is 0. The van der Waals surface area contributed by atoms with E-state index in [2.05, 4.69) is 10.6 Å². The van der Waals surface area contributed by atoms with Crippen molar-refractivity contribution in [2.45, 2.75) is 33.2 Å². The van der Waals surface area contributed by atoms with Gasteiger partial charge in [0, 0.05) is 18.2 Å². The van der Waals surface area contributed by atoms with Crippen LogP contribution in [0.4, 0.5) is 11.4 Å². The van der Waals surface area contributed by atoms with Gasteiger partial charge >= 0.3 is 0 Å². The van der Waals surface area contributed by atoms with Crippen molar-refractivity contribution in [2.75, 3.05) is 19.0 Å². The van der Waals surface area contributed by atoms with Crippen LogP contribution in [-0.4, -0.2) is 30.5 Å². The Morgan fingerprint density at radius 2 is 1.80 bits per heavy atom. The van der Waals surface area contributed by atoms with Crippen LogP contribution in [0, 0.1) is 10.1 Å². The average molecular weight is 415 g/mol. The maximum atomic E-state index is 12.8. The topological polar surface area (TPSA) is 120 Å². The zero-order valence-electron chi connectivity index (χ0n) is 17.4. The number of nitrogens with one attached hydrogen (secondary N) is 2. The summed E-state index contributed by atoms with van der Waals surface area (Å²) < 4.78 is 10.6.